The van der Waals surface area contributed by atoms with Gasteiger partial charge < -0.3 is 10.1 Å². The summed E-state index contributed by atoms with van der Waals surface area (Å²) in [7, 11) is 0. The van der Waals surface area contributed by atoms with Crippen LogP contribution in [0.4, 0.5) is 5.69 Å². The lowest BCUT2D eigenvalue weighted by Crippen LogP contribution is -2.40. The van der Waals surface area contributed by atoms with E-state index in [4.69, 9.17) is 4.74 Å². The molecule has 5 aliphatic rings. The van der Waals surface area contributed by atoms with Gasteiger partial charge in [-0.25, -0.2) is 0 Å². The molecule has 2 saturated carbocycles. The van der Waals surface area contributed by atoms with Gasteiger partial charge in [0.1, 0.15) is 18.0 Å². The Morgan fingerprint density at radius 2 is 1.44 bits per heavy atom. The van der Waals surface area contributed by atoms with E-state index in [9.17, 15) is 14.4 Å². The van der Waals surface area contributed by atoms with Crippen LogP contribution in [-0.2, 0) is 14.4 Å². The zero-order valence-corrected chi connectivity index (χ0v) is 17.7. The number of ether oxygens (including phenoxy) is 1. The van der Waals surface area contributed by atoms with Crippen molar-refractivity contribution in [1.82, 2.24) is 4.90 Å². The first-order valence-electron chi connectivity index (χ1n) is 11.2. The summed E-state index contributed by atoms with van der Waals surface area (Å²) in [6.45, 7) is 1.78. The van der Waals surface area contributed by atoms with E-state index in [1.54, 1.807) is 24.3 Å². The van der Waals surface area contributed by atoms with E-state index in [1.807, 2.05) is 31.2 Å². The molecule has 6 heteroatoms. The Balaban J connectivity index is 1.09. The fourth-order valence-corrected chi connectivity index (χ4v) is 5.87. The minimum atomic E-state index is -0.372. The molecule has 0 unspecified atom stereocenters. The maximum atomic E-state index is 13.0. The van der Waals surface area contributed by atoms with Gasteiger partial charge in [0.2, 0.25) is 17.7 Å². The van der Waals surface area contributed by atoms with E-state index >= 15 is 0 Å². The minimum absolute atomic E-state index is 0.167. The molecule has 3 fully saturated rings. The molecule has 2 aromatic rings. The lowest BCUT2D eigenvalue weighted by Gasteiger charge is -2.37. The normalized spacial score (nSPS) is 31.3. The number of amides is 3. The lowest BCUT2D eigenvalue weighted by atomic mass is 9.63. The summed E-state index contributed by atoms with van der Waals surface area (Å²) in [5.74, 6) is 1.56. The second-order valence-electron chi connectivity index (χ2n) is 9.40. The van der Waals surface area contributed by atoms with Gasteiger partial charge in [-0.05, 0) is 73.4 Å². The number of allylic oxidation sites excluding steroid dienone is 2. The number of nitrogens with zero attached hydrogens (tertiary/aromatic N) is 1. The molecule has 32 heavy (non-hydrogen) atoms. The summed E-state index contributed by atoms with van der Waals surface area (Å²) >= 11 is 0. The molecule has 1 aliphatic heterocycles. The Kier molecular flexibility index (Phi) is 4.25. The van der Waals surface area contributed by atoms with Crippen molar-refractivity contribution >= 4 is 23.4 Å². The lowest BCUT2D eigenvalue weighted by molar-refractivity contribution is -0.142. The van der Waals surface area contributed by atoms with Crippen LogP contribution in [0.25, 0.3) is 0 Å². The Bertz CT molecular complexity index is 1100. The van der Waals surface area contributed by atoms with E-state index in [0.717, 1.165) is 17.7 Å². The van der Waals surface area contributed by atoms with Gasteiger partial charge in [-0.3, -0.25) is 19.3 Å². The van der Waals surface area contributed by atoms with Gasteiger partial charge in [-0.15, -0.1) is 0 Å². The zero-order valence-electron chi connectivity index (χ0n) is 17.7. The van der Waals surface area contributed by atoms with Crippen molar-refractivity contribution in [1.29, 1.82) is 0 Å². The van der Waals surface area contributed by atoms with Crippen molar-refractivity contribution in [2.75, 3.05) is 11.9 Å². The highest BCUT2D eigenvalue weighted by Crippen LogP contribution is 2.65. The summed E-state index contributed by atoms with van der Waals surface area (Å²) in [5.41, 5.74) is 1.75. The number of imide groups is 1. The first-order valence-corrected chi connectivity index (χ1v) is 11.2. The Morgan fingerprint density at radius 3 is 2.00 bits per heavy atom. The van der Waals surface area contributed by atoms with Crippen LogP contribution >= 0.6 is 0 Å². The number of aryl methyl sites for hydroxylation is 1. The minimum Gasteiger partial charge on any atom is -0.457 e. The summed E-state index contributed by atoms with van der Waals surface area (Å²) in [6, 6.07) is 14.8. The van der Waals surface area contributed by atoms with Gasteiger partial charge in [0.25, 0.3) is 0 Å². The Hall–Kier alpha value is -3.41. The van der Waals surface area contributed by atoms with Crippen LogP contribution in [0.15, 0.2) is 60.7 Å². The third-order valence-electron chi connectivity index (χ3n) is 7.45. The van der Waals surface area contributed by atoms with Crippen molar-refractivity contribution in [3.63, 3.8) is 0 Å². The highest BCUT2D eigenvalue weighted by atomic mass is 16.5. The maximum absolute atomic E-state index is 13.0. The molecule has 0 spiro atoms. The van der Waals surface area contributed by atoms with Gasteiger partial charge in [-0.2, -0.15) is 0 Å². The van der Waals surface area contributed by atoms with Gasteiger partial charge in [0, 0.05) is 5.69 Å². The van der Waals surface area contributed by atoms with Crippen LogP contribution in [0.5, 0.6) is 11.5 Å². The molecule has 2 aromatic carbocycles. The van der Waals surface area contributed by atoms with Crippen LogP contribution in [0.1, 0.15) is 12.0 Å². The van der Waals surface area contributed by atoms with Gasteiger partial charge in [-0.1, -0.05) is 29.8 Å². The molecule has 0 aromatic heterocycles. The molecule has 2 bridgehead atoms. The number of rotatable bonds is 5. The summed E-state index contributed by atoms with van der Waals surface area (Å²) in [6.07, 6.45) is 5.39. The fourth-order valence-electron chi connectivity index (χ4n) is 5.87. The second-order valence-corrected chi connectivity index (χ2v) is 9.40. The van der Waals surface area contributed by atoms with Crippen LogP contribution < -0.4 is 10.1 Å². The van der Waals surface area contributed by atoms with Gasteiger partial charge in [0.15, 0.2) is 0 Å². The first kappa shape index (κ1) is 19.3. The molecule has 7 rings (SSSR count). The predicted octanol–water partition coefficient (Wildman–Crippen LogP) is 3.78. The van der Waals surface area contributed by atoms with E-state index in [0.29, 0.717) is 23.3 Å². The average Bonchev–Trinajstić information content (AvgIpc) is 3.58. The summed E-state index contributed by atoms with van der Waals surface area (Å²) in [5, 5.41) is 2.79. The average molecular weight is 428 g/mol. The van der Waals surface area contributed by atoms with E-state index in [1.165, 1.54) is 4.90 Å². The molecule has 6 atom stereocenters. The summed E-state index contributed by atoms with van der Waals surface area (Å²) in [4.78, 5) is 39.8. The van der Waals surface area contributed by atoms with Crippen LogP contribution in [0.2, 0.25) is 0 Å². The van der Waals surface area contributed by atoms with Gasteiger partial charge >= 0.3 is 0 Å². The molecule has 0 radical (unpaired) electrons. The standard InChI is InChI=1S/C26H24N2O4/c1-14-2-6-16(7-3-14)32-17-8-4-15(5-9-17)27-22(29)13-28-25(30)23-18-10-11-19(21-12-20(18)21)24(23)26(28)31/h2-11,18-21,23-24H,12-13H2,1H3,(H,27,29)/t18-,19-,20-,21+,23+,24-/m1/s1. The number of benzene rings is 2. The van der Waals surface area contributed by atoms with Crippen LogP contribution in [0, 0.1) is 42.4 Å². The third-order valence-corrected chi connectivity index (χ3v) is 7.45. The van der Waals surface area contributed by atoms with Crippen molar-refractivity contribution in [2.45, 2.75) is 13.3 Å². The van der Waals surface area contributed by atoms with Crippen molar-refractivity contribution in [3.8, 4) is 11.5 Å². The van der Waals surface area contributed by atoms with Crippen molar-refractivity contribution in [2.24, 2.45) is 35.5 Å². The van der Waals surface area contributed by atoms with Gasteiger partial charge in [0.05, 0.1) is 11.8 Å². The van der Waals surface area contributed by atoms with E-state index in [-0.39, 0.29) is 47.9 Å². The Morgan fingerprint density at radius 1 is 0.906 bits per heavy atom. The number of hydrogen-bond acceptors (Lipinski definition) is 4. The number of nitrogens with one attached hydrogen (secondary N) is 1. The van der Waals surface area contributed by atoms with Crippen molar-refractivity contribution in [3.05, 3.63) is 66.2 Å². The molecule has 4 aliphatic carbocycles. The van der Waals surface area contributed by atoms with Crippen LogP contribution in [0.3, 0.4) is 0 Å². The molecule has 1 N–H and O–H groups in total. The predicted molar refractivity (Wildman–Crippen MR) is 118 cm³/mol. The number of anilines is 1. The number of carbonyl (C=O) groups excluding carboxylic acids is 3. The molecule has 1 saturated heterocycles. The molecule has 6 nitrogen and oxygen atoms in total. The van der Waals surface area contributed by atoms with Crippen LogP contribution in [-0.4, -0.2) is 29.2 Å². The monoisotopic (exact) mass is 428 g/mol. The molecule has 1 heterocycles. The molecular weight excluding hydrogens is 404 g/mol. The zero-order chi connectivity index (χ0) is 22.0. The molecule has 162 valence electrons. The first-order chi connectivity index (χ1) is 15.5. The van der Waals surface area contributed by atoms with E-state index in [2.05, 4.69) is 17.5 Å². The third kappa shape index (κ3) is 3.05. The molecular formula is C26H24N2O4. The summed E-state index contributed by atoms with van der Waals surface area (Å²) < 4.78 is 5.81. The maximum Gasteiger partial charge on any atom is 0.244 e. The highest BCUT2D eigenvalue weighted by molar-refractivity contribution is 6.09. The Labute approximate surface area is 186 Å². The number of likely N-dealkylation sites (tertiary alicyclic amines) is 1. The highest BCUT2D eigenvalue weighted by Gasteiger charge is 2.67. The second kappa shape index (κ2) is 7.05. The quantitative estimate of drug-likeness (QED) is 0.581. The topological polar surface area (TPSA) is 75.7 Å². The largest absolute Gasteiger partial charge is 0.457 e. The van der Waals surface area contributed by atoms with Crippen molar-refractivity contribution < 1.29 is 19.1 Å². The fraction of sp³-hybridized carbons (Fsp3) is 0.346. The van der Waals surface area contributed by atoms with E-state index < -0.39 is 0 Å². The SMILES string of the molecule is Cc1ccc(Oc2ccc(NC(=O)CN3C(=O)[C@@H]4[C@@H]5C=C[C@H]([C@H]6C[C@@H]56)[C@@H]4C3=O)cc2)cc1. The molecule has 3 amide bonds. The smallest absolute Gasteiger partial charge is 0.244 e. The number of carbonyl (C=O) groups is 3. The number of hydrogen-bond donors (Lipinski definition) is 1.